The summed E-state index contributed by atoms with van der Waals surface area (Å²) in [5, 5.41) is 2.06. The first-order valence-electron chi connectivity index (χ1n) is 9.12. The second-order valence-corrected chi connectivity index (χ2v) is 10.6. The van der Waals surface area contributed by atoms with Crippen LogP contribution < -0.4 is 0 Å². The van der Waals surface area contributed by atoms with Crippen molar-refractivity contribution >= 4 is 55.0 Å². The third-order valence-corrected chi connectivity index (χ3v) is 9.17. The SMILES string of the molecule is c1cc(-c2ccc(-c3nc4sc(-c5ccc(-c6ccncc6)s5)nc4s3)s2)ccn1. The molecule has 0 N–H and O–H groups in total. The van der Waals surface area contributed by atoms with Crippen molar-refractivity contribution in [2.24, 2.45) is 0 Å². The van der Waals surface area contributed by atoms with Gasteiger partial charge in [0, 0.05) is 34.5 Å². The van der Waals surface area contributed by atoms with Gasteiger partial charge in [-0.05, 0) is 59.7 Å². The Bertz CT molecular complexity index is 1310. The standard InChI is InChI=1S/C22H12N4S4/c1-3-17(27-15(1)13-5-9-23-10-6-13)19-25-21-22(29-19)26-20(30-21)18-4-2-16(28-18)14-7-11-24-12-8-14/h1-12H. The van der Waals surface area contributed by atoms with Gasteiger partial charge in [-0.2, -0.15) is 0 Å². The summed E-state index contributed by atoms with van der Waals surface area (Å²) in [5.74, 6) is 0. The molecule has 0 atom stereocenters. The quantitative estimate of drug-likeness (QED) is 0.276. The maximum atomic E-state index is 4.87. The fourth-order valence-electron chi connectivity index (χ4n) is 3.10. The van der Waals surface area contributed by atoms with Gasteiger partial charge in [-0.1, -0.05) is 22.7 Å². The van der Waals surface area contributed by atoms with Crippen LogP contribution in [-0.2, 0) is 0 Å². The van der Waals surface area contributed by atoms with Gasteiger partial charge in [0.05, 0.1) is 9.75 Å². The zero-order valence-electron chi connectivity index (χ0n) is 15.4. The van der Waals surface area contributed by atoms with E-state index in [0.717, 1.165) is 19.7 Å². The first-order valence-corrected chi connectivity index (χ1v) is 12.4. The summed E-state index contributed by atoms with van der Waals surface area (Å²) < 4.78 is 0. The number of hydrogen-bond donors (Lipinski definition) is 0. The number of nitrogens with zero attached hydrogens (tertiary/aromatic N) is 4. The molecule has 0 aromatic carbocycles. The van der Waals surface area contributed by atoms with E-state index < -0.39 is 0 Å². The molecule has 0 aliphatic carbocycles. The molecular formula is C22H12N4S4. The molecule has 8 heteroatoms. The van der Waals surface area contributed by atoms with E-state index in [9.17, 15) is 0 Å². The molecule has 6 aromatic rings. The second-order valence-electron chi connectivity index (χ2n) is 6.45. The van der Waals surface area contributed by atoms with Crippen LogP contribution in [0.1, 0.15) is 0 Å². The van der Waals surface area contributed by atoms with E-state index in [2.05, 4.69) is 34.2 Å². The predicted molar refractivity (Wildman–Crippen MR) is 128 cm³/mol. The Balaban J connectivity index is 1.30. The van der Waals surface area contributed by atoms with Gasteiger partial charge in [0.15, 0.2) is 9.66 Å². The number of thiazole rings is 2. The molecule has 0 spiro atoms. The molecule has 6 aromatic heterocycles. The molecule has 6 rings (SSSR count). The van der Waals surface area contributed by atoms with Crippen LogP contribution in [0.5, 0.6) is 0 Å². The second kappa shape index (κ2) is 7.48. The van der Waals surface area contributed by atoms with Crippen molar-refractivity contribution in [3.63, 3.8) is 0 Å². The maximum absolute atomic E-state index is 4.87. The van der Waals surface area contributed by atoms with Crippen LogP contribution in [0.2, 0.25) is 0 Å². The lowest BCUT2D eigenvalue weighted by Crippen LogP contribution is -1.71. The summed E-state index contributed by atoms with van der Waals surface area (Å²) in [6.45, 7) is 0. The molecule has 0 saturated heterocycles. The normalized spacial score (nSPS) is 11.3. The number of pyridine rings is 2. The van der Waals surface area contributed by atoms with Crippen molar-refractivity contribution in [1.29, 1.82) is 0 Å². The van der Waals surface area contributed by atoms with Crippen molar-refractivity contribution < 1.29 is 0 Å². The van der Waals surface area contributed by atoms with Gasteiger partial charge in [0.2, 0.25) is 0 Å². The molecule has 0 radical (unpaired) electrons. The summed E-state index contributed by atoms with van der Waals surface area (Å²) in [7, 11) is 0. The Kier molecular flexibility index (Phi) is 4.49. The highest BCUT2D eigenvalue weighted by atomic mass is 32.1. The fourth-order valence-corrected chi connectivity index (χ4v) is 7.28. The highest BCUT2D eigenvalue weighted by Gasteiger charge is 2.16. The van der Waals surface area contributed by atoms with Gasteiger partial charge in [-0.15, -0.1) is 22.7 Å². The number of aromatic nitrogens is 4. The molecule has 144 valence electrons. The van der Waals surface area contributed by atoms with E-state index in [1.54, 1.807) is 45.3 Å². The van der Waals surface area contributed by atoms with Crippen LogP contribution in [0.25, 0.3) is 50.3 Å². The number of thiophene rings is 2. The fraction of sp³-hybridized carbons (Fsp3) is 0. The minimum absolute atomic E-state index is 1.00. The highest BCUT2D eigenvalue weighted by Crippen LogP contribution is 2.42. The van der Waals surface area contributed by atoms with E-state index in [0.29, 0.717) is 0 Å². The summed E-state index contributed by atoms with van der Waals surface area (Å²) >= 11 is 6.83. The van der Waals surface area contributed by atoms with Gasteiger partial charge in [-0.3, -0.25) is 9.97 Å². The smallest absolute Gasteiger partial charge is 0.155 e. The molecule has 0 saturated carbocycles. The van der Waals surface area contributed by atoms with Crippen LogP contribution in [-0.4, -0.2) is 19.9 Å². The molecule has 30 heavy (non-hydrogen) atoms. The van der Waals surface area contributed by atoms with E-state index in [1.807, 2.05) is 49.1 Å². The Hall–Kier alpha value is -2.78. The Morgan fingerprint density at radius 1 is 0.433 bits per heavy atom. The molecule has 4 nitrogen and oxygen atoms in total. The molecule has 6 heterocycles. The van der Waals surface area contributed by atoms with E-state index in [4.69, 9.17) is 9.97 Å². The van der Waals surface area contributed by atoms with E-state index in [-0.39, 0.29) is 0 Å². The third kappa shape index (κ3) is 3.27. The van der Waals surface area contributed by atoms with Gasteiger partial charge in [0.1, 0.15) is 10.0 Å². The van der Waals surface area contributed by atoms with Crippen LogP contribution in [0.3, 0.4) is 0 Å². The average Bonchev–Trinajstić information content (AvgIpc) is 3.57. The van der Waals surface area contributed by atoms with Crippen molar-refractivity contribution in [2.75, 3.05) is 0 Å². The maximum Gasteiger partial charge on any atom is 0.155 e. The van der Waals surface area contributed by atoms with Gasteiger partial charge >= 0.3 is 0 Å². The topological polar surface area (TPSA) is 51.6 Å². The van der Waals surface area contributed by atoms with Crippen LogP contribution in [0.4, 0.5) is 0 Å². The van der Waals surface area contributed by atoms with Crippen molar-refractivity contribution in [1.82, 2.24) is 19.9 Å². The van der Waals surface area contributed by atoms with Crippen LogP contribution in [0.15, 0.2) is 73.3 Å². The zero-order chi connectivity index (χ0) is 19.9. The Labute approximate surface area is 188 Å². The first-order chi connectivity index (χ1) is 14.8. The molecule has 0 aliphatic heterocycles. The summed E-state index contributed by atoms with van der Waals surface area (Å²) in [6.07, 6.45) is 7.29. The van der Waals surface area contributed by atoms with Crippen LogP contribution in [0, 0.1) is 0 Å². The lowest BCUT2D eigenvalue weighted by molar-refractivity contribution is 1.33. The summed E-state index contributed by atoms with van der Waals surface area (Å²) in [5.41, 5.74) is 2.37. The number of fused-ring (bicyclic) bond motifs is 1. The van der Waals surface area contributed by atoms with E-state index in [1.165, 1.54) is 30.6 Å². The molecular weight excluding hydrogens is 449 g/mol. The largest absolute Gasteiger partial charge is 0.265 e. The summed E-state index contributed by atoms with van der Waals surface area (Å²) in [6, 6.07) is 16.7. The van der Waals surface area contributed by atoms with Crippen LogP contribution >= 0.6 is 45.3 Å². The Morgan fingerprint density at radius 2 is 0.833 bits per heavy atom. The minimum Gasteiger partial charge on any atom is -0.265 e. The van der Waals surface area contributed by atoms with Crippen molar-refractivity contribution in [3.8, 4) is 40.7 Å². The monoisotopic (exact) mass is 460 g/mol. The predicted octanol–water partition coefficient (Wildman–Crippen LogP) is 7.33. The first kappa shape index (κ1) is 18.0. The third-order valence-electron chi connectivity index (χ3n) is 4.54. The number of hydrogen-bond acceptors (Lipinski definition) is 8. The lowest BCUT2D eigenvalue weighted by Gasteiger charge is -1.94. The molecule has 0 unspecified atom stereocenters. The van der Waals surface area contributed by atoms with E-state index >= 15 is 0 Å². The highest BCUT2D eigenvalue weighted by molar-refractivity contribution is 7.32. The Morgan fingerprint density at radius 3 is 1.27 bits per heavy atom. The molecule has 0 fully saturated rings. The molecule has 0 amide bonds. The minimum atomic E-state index is 1.00. The van der Waals surface area contributed by atoms with Crippen molar-refractivity contribution in [2.45, 2.75) is 0 Å². The molecule has 0 aliphatic rings. The van der Waals surface area contributed by atoms with Gasteiger partial charge < -0.3 is 0 Å². The molecule has 0 bridgehead atoms. The average molecular weight is 461 g/mol. The zero-order valence-corrected chi connectivity index (χ0v) is 18.6. The van der Waals surface area contributed by atoms with Gasteiger partial charge in [-0.25, -0.2) is 9.97 Å². The lowest BCUT2D eigenvalue weighted by atomic mass is 10.2. The number of rotatable bonds is 4. The van der Waals surface area contributed by atoms with Gasteiger partial charge in [0.25, 0.3) is 0 Å². The summed E-state index contributed by atoms with van der Waals surface area (Å²) in [4.78, 5) is 24.7. The van der Waals surface area contributed by atoms with Crippen molar-refractivity contribution in [3.05, 3.63) is 73.3 Å².